The topological polar surface area (TPSA) is 20.3 Å². The third-order valence-corrected chi connectivity index (χ3v) is 3.41. The first-order valence-electron chi connectivity index (χ1n) is 5.97. The van der Waals surface area contributed by atoms with Crippen molar-refractivity contribution < 1.29 is 4.79 Å². The predicted octanol–water partition coefficient (Wildman–Crippen LogP) is 3.09. The molecular formula is C14H19NO. The van der Waals surface area contributed by atoms with E-state index < -0.39 is 0 Å². The van der Waals surface area contributed by atoms with Gasteiger partial charge in [-0.1, -0.05) is 19.9 Å². The summed E-state index contributed by atoms with van der Waals surface area (Å²) >= 11 is 0. The molecule has 0 fully saturated rings. The van der Waals surface area contributed by atoms with Crippen LogP contribution in [0.2, 0.25) is 0 Å². The van der Waals surface area contributed by atoms with Gasteiger partial charge >= 0.3 is 0 Å². The molecule has 0 atom stereocenters. The molecule has 0 unspecified atom stereocenters. The molecule has 0 saturated heterocycles. The zero-order valence-corrected chi connectivity index (χ0v) is 10.5. The molecule has 86 valence electrons. The third kappa shape index (κ3) is 1.62. The van der Waals surface area contributed by atoms with E-state index in [4.69, 9.17) is 0 Å². The molecule has 2 rings (SSSR count). The van der Waals surface area contributed by atoms with Crippen LogP contribution in [0.15, 0.2) is 12.1 Å². The van der Waals surface area contributed by atoms with Gasteiger partial charge in [-0.2, -0.15) is 0 Å². The molecule has 0 saturated carbocycles. The first kappa shape index (κ1) is 11.2. The monoisotopic (exact) mass is 217 g/mol. The van der Waals surface area contributed by atoms with Crippen LogP contribution in [0.1, 0.15) is 53.7 Å². The summed E-state index contributed by atoms with van der Waals surface area (Å²) in [6.45, 7) is 10.1. The molecule has 0 aliphatic carbocycles. The highest BCUT2D eigenvalue weighted by atomic mass is 16.2. The summed E-state index contributed by atoms with van der Waals surface area (Å²) in [4.78, 5) is 14.0. The lowest BCUT2D eigenvalue weighted by molar-refractivity contribution is 0.0787. The van der Waals surface area contributed by atoms with E-state index in [9.17, 15) is 4.79 Å². The second-order valence-corrected chi connectivity index (χ2v) is 4.84. The van der Waals surface area contributed by atoms with E-state index in [-0.39, 0.29) is 5.91 Å². The molecule has 1 aliphatic rings. The van der Waals surface area contributed by atoms with Crippen LogP contribution >= 0.6 is 0 Å². The van der Waals surface area contributed by atoms with Crippen LogP contribution in [0, 0.1) is 6.92 Å². The van der Waals surface area contributed by atoms with E-state index in [1.54, 1.807) is 0 Å². The lowest BCUT2D eigenvalue weighted by atomic mass is 9.95. The largest absolute Gasteiger partial charge is 0.335 e. The fourth-order valence-corrected chi connectivity index (χ4v) is 2.27. The minimum Gasteiger partial charge on any atom is -0.335 e. The minimum atomic E-state index is 0.197. The van der Waals surface area contributed by atoms with E-state index in [1.807, 2.05) is 11.8 Å². The molecule has 16 heavy (non-hydrogen) atoms. The second-order valence-electron chi connectivity index (χ2n) is 4.84. The van der Waals surface area contributed by atoms with Crippen molar-refractivity contribution in [3.8, 4) is 0 Å². The Labute approximate surface area is 97.3 Å². The number of hydrogen-bond donors (Lipinski definition) is 0. The zero-order chi connectivity index (χ0) is 11.9. The first-order valence-corrected chi connectivity index (χ1v) is 5.97. The number of hydrogen-bond acceptors (Lipinski definition) is 1. The van der Waals surface area contributed by atoms with Gasteiger partial charge < -0.3 is 4.90 Å². The summed E-state index contributed by atoms with van der Waals surface area (Å²) in [6.07, 6.45) is 0. The summed E-state index contributed by atoms with van der Waals surface area (Å²) in [7, 11) is 0. The van der Waals surface area contributed by atoms with Gasteiger partial charge in [0.05, 0.1) is 0 Å². The average Bonchev–Trinajstić information content (AvgIpc) is 2.56. The molecule has 1 aromatic carbocycles. The van der Waals surface area contributed by atoms with Gasteiger partial charge in [-0.25, -0.2) is 0 Å². The molecule has 1 heterocycles. The van der Waals surface area contributed by atoms with Crippen molar-refractivity contribution in [3.05, 3.63) is 34.4 Å². The van der Waals surface area contributed by atoms with Crippen LogP contribution in [-0.4, -0.2) is 17.4 Å². The minimum absolute atomic E-state index is 0.197. The van der Waals surface area contributed by atoms with Crippen molar-refractivity contribution in [2.24, 2.45) is 0 Å². The number of carbonyl (C=O) groups is 1. The maximum absolute atomic E-state index is 12.1. The van der Waals surface area contributed by atoms with Crippen LogP contribution in [0.4, 0.5) is 0 Å². The zero-order valence-electron chi connectivity index (χ0n) is 10.5. The molecule has 0 bridgehead atoms. The molecule has 0 N–H and O–H groups in total. The quantitative estimate of drug-likeness (QED) is 0.745. The van der Waals surface area contributed by atoms with Crippen LogP contribution in [0.3, 0.4) is 0 Å². The van der Waals surface area contributed by atoms with Gasteiger partial charge in [0.2, 0.25) is 0 Å². The third-order valence-electron chi connectivity index (χ3n) is 3.41. The molecule has 0 spiro atoms. The Morgan fingerprint density at radius 1 is 1.38 bits per heavy atom. The van der Waals surface area contributed by atoms with Crippen molar-refractivity contribution in [1.82, 2.24) is 4.90 Å². The van der Waals surface area contributed by atoms with E-state index >= 15 is 0 Å². The van der Waals surface area contributed by atoms with Gasteiger partial charge in [0, 0.05) is 18.7 Å². The van der Waals surface area contributed by atoms with Crippen LogP contribution in [0.25, 0.3) is 0 Å². The van der Waals surface area contributed by atoms with Crippen LogP contribution in [0.5, 0.6) is 0 Å². The molecular weight excluding hydrogens is 198 g/mol. The number of fused-ring (bicyclic) bond motifs is 1. The van der Waals surface area contributed by atoms with Crippen molar-refractivity contribution >= 4 is 5.91 Å². The maximum atomic E-state index is 12.1. The molecule has 0 radical (unpaired) electrons. The Morgan fingerprint density at radius 3 is 2.62 bits per heavy atom. The number of rotatable bonds is 2. The number of amides is 1. The fraction of sp³-hybridized carbons (Fsp3) is 0.500. The van der Waals surface area contributed by atoms with Crippen molar-refractivity contribution in [2.45, 2.75) is 40.2 Å². The lowest BCUT2D eigenvalue weighted by Crippen LogP contribution is -2.23. The standard InChI is InChI=1S/C14H19NO/c1-5-15-8-13-10(4)6-11(9(2)3)7-12(13)14(15)16/h6-7,9H,5,8H2,1-4H3. The highest BCUT2D eigenvalue weighted by molar-refractivity contribution is 5.99. The van der Waals surface area contributed by atoms with Crippen LogP contribution < -0.4 is 0 Å². The number of nitrogens with zero attached hydrogens (tertiary/aromatic N) is 1. The Bertz CT molecular complexity index is 435. The molecule has 1 aromatic rings. The lowest BCUT2D eigenvalue weighted by Gasteiger charge is -2.11. The van der Waals surface area contributed by atoms with Gasteiger partial charge in [-0.05, 0) is 42.5 Å². The van der Waals surface area contributed by atoms with Crippen molar-refractivity contribution in [2.75, 3.05) is 6.54 Å². The Kier molecular flexibility index (Phi) is 2.75. The second kappa shape index (κ2) is 3.93. The predicted molar refractivity (Wildman–Crippen MR) is 65.7 cm³/mol. The van der Waals surface area contributed by atoms with Gasteiger partial charge in [0.15, 0.2) is 0 Å². The smallest absolute Gasteiger partial charge is 0.254 e. The maximum Gasteiger partial charge on any atom is 0.254 e. The van der Waals surface area contributed by atoms with Gasteiger partial charge in [0.25, 0.3) is 5.91 Å². The Hall–Kier alpha value is -1.31. The van der Waals surface area contributed by atoms with Crippen LogP contribution in [-0.2, 0) is 6.54 Å². The van der Waals surface area contributed by atoms with E-state index in [1.165, 1.54) is 16.7 Å². The average molecular weight is 217 g/mol. The van der Waals surface area contributed by atoms with Crippen molar-refractivity contribution in [3.63, 3.8) is 0 Å². The summed E-state index contributed by atoms with van der Waals surface area (Å²) in [5.41, 5.74) is 4.66. The van der Waals surface area contributed by atoms with Crippen molar-refractivity contribution in [1.29, 1.82) is 0 Å². The number of benzene rings is 1. The van der Waals surface area contributed by atoms with Gasteiger partial charge in [-0.15, -0.1) is 0 Å². The molecule has 0 aromatic heterocycles. The summed E-state index contributed by atoms with van der Waals surface area (Å²) in [5, 5.41) is 0. The molecule has 2 nitrogen and oxygen atoms in total. The summed E-state index contributed by atoms with van der Waals surface area (Å²) in [6, 6.07) is 4.29. The Balaban J connectivity index is 2.50. The van der Waals surface area contributed by atoms with E-state index in [0.717, 1.165) is 18.7 Å². The fourth-order valence-electron chi connectivity index (χ4n) is 2.27. The number of aryl methyl sites for hydroxylation is 1. The van der Waals surface area contributed by atoms with Gasteiger partial charge in [-0.3, -0.25) is 4.79 Å². The SMILES string of the molecule is CCN1Cc2c(C)cc(C(C)C)cc2C1=O. The Morgan fingerprint density at radius 2 is 2.06 bits per heavy atom. The summed E-state index contributed by atoms with van der Waals surface area (Å²) in [5.74, 6) is 0.676. The molecule has 2 heteroatoms. The molecule has 1 aliphatic heterocycles. The van der Waals surface area contributed by atoms with E-state index in [2.05, 4.69) is 32.9 Å². The normalized spacial score (nSPS) is 14.8. The molecule has 1 amide bonds. The van der Waals surface area contributed by atoms with Gasteiger partial charge in [0.1, 0.15) is 0 Å². The van der Waals surface area contributed by atoms with E-state index in [0.29, 0.717) is 5.92 Å². The first-order chi connectivity index (χ1) is 7.54. The highest BCUT2D eigenvalue weighted by Gasteiger charge is 2.27. The number of carbonyl (C=O) groups excluding carboxylic acids is 1. The highest BCUT2D eigenvalue weighted by Crippen LogP contribution is 2.29. The summed E-state index contributed by atoms with van der Waals surface area (Å²) < 4.78 is 0.